The molecule has 0 radical (unpaired) electrons. The van der Waals surface area contributed by atoms with E-state index >= 15 is 0 Å². The summed E-state index contributed by atoms with van der Waals surface area (Å²) in [5, 5.41) is 0. The van der Waals surface area contributed by atoms with Crippen LogP contribution in [-0.4, -0.2) is 11.9 Å². The molecule has 2 rings (SSSR count). The summed E-state index contributed by atoms with van der Waals surface area (Å²) in [6.45, 7) is 3.62. The van der Waals surface area contributed by atoms with Crippen LogP contribution in [0.1, 0.15) is 29.8 Å². The number of hydrogen-bond acceptors (Lipinski definition) is 2. The lowest BCUT2D eigenvalue weighted by molar-refractivity contribution is 0.102. The van der Waals surface area contributed by atoms with Crippen LogP contribution in [-0.2, 0) is 0 Å². The van der Waals surface area contributed by atoms with E-state index in [1.807, 2.05) is 13.8 Å². The third-order valence-corrected chi connectivity index (χ3v) is 2.68. The van der Waals surface area contributed by atoms with E-state index in [9.17, 15) is 13.6 Å². The molecule has 2 aromatic rings. The second-order valence-corrected chi connectivity index (χ2v) is 4.59. The highest BCUT2D eigenvalue weighted by Crippen LogP contribution is 2.25. The van der Waals surface area contributed by atoms with Gasteiger partial charge in [-0.2, -0.15) is 0 Å². The second kappa shape index (κ2) is 5.82. The van der Waals surface area contributed by atoms with Crippen molar-refractivity contribution in [1.29, 1.82) is 0 Å². The molecule has 0 saturated carbocycles. The van der Waals surface area contributed by atoms with Gasteiger partial charge in [-0.05, 0) is 38.1 Å². The van der Waals surface area contributed by atoms with E-state index < -0.39 is 23.0 Å². The second-order valence-electron chi connectivity index (χ2n) is 4.59. The lowest BCUT2D eigenvalue weighted by Gasteiger charge is -2.13. The largest absolute Gasteiger partial charge is 0.490 e. The molecule has 0 unspecified atom stereocenters. The lowest BCUT2D eigenvalue weighted by Crippen LogP contribution is -2.12. The minimum Gasteiger partial charge on any atom is -0.490 e. The molecule has 0 spiro atoms. The average Bonchev–Trinajstić information content (AvgIpc) is 2.38. The molecule has 0 N–H and O–H groups in total. The molecule has 0 heterocycles. The maximum absolute atomic E-state index is 13.7. The molecule has 0 aliphatic carbocycles. The van der Waals surface area contributed by atoms with Gasteiger partial charge >= 0.3 is 0 Å². The van der Waals surface area contributed by atoms with Crippen LogP contribution in [0.15, 0.2) is 42.5 Å². The molecule has 0 fully saturated rings. The maximum Gasteiger partial charge on any atom is 0.202 e. The van der Waals surface area contributed by atoms with Gasteiger partial charge in [0.1, 0.15) is 17.4 Å². The topological polar surface area (TPSA) is 26.3 Å². The normalized spacial score (nSPS) is 10.7. The summed E-state index contributed by atoms with van der Waals surface area (Å²) in [6.07, 6.45) is -0.144. The van der Waals surface area contributed by atoms with Crippen LogP contribution in [0.4, 0.5) is 8.78 Å². The van der Waals surface area contributed by atoms with Gasteiger partial charge in [0.25, 0.3) is 0 Å². The van der Waals surface area contributed by atoms with E-state index in [1.165, 1.54) is 12.1 Å². The third kappa shape index (κ3) is 2.85. The van der Waals surface area contributed by atoms with E-state index in [0.717, 1.165) is 12.1 Å². The minimum absolute atomic E-state index is 0.144. The van der Waals surface area contributed by atoms with Crippen LogP contribution in [0, 0.1) is 11.6 Å². The van der Waals surface area contributed by atoms with E-state index in [1.54, 1.807) is 18.2 Å². The van der Waals surface area contributed by atoms with Crippen LogP contribution >= 0.6 is 0 Å². The van der Waals surface area contributed by atoms with Gasteiger partial charge < -0.3 is 4.74 Å². The molecular formula is C16H14F2O2. The molecule has 0 amide bonds. The zero-order chi connectivity index (χ0) is 14.7. The smallest absolute Gasteiger partial charge is 0.202 e. The summed E-state index contributed by atoms with van der Waals surface area (Å²) in [5.74, 6) is -2.17. The van der Waals surface area contributed by atoms with Crippen molar-refractivity contribution < 1.29 is 18.3 Å². The standard InChI is InChI=1S/C16H14F2O2/c1-10(2)20-14-9-4-3-6-11(14)16(19)15-12(17)7-5-8-13(15)18/h3-10H,1-2H3. The van der Waals surface area contributed by atoms with Gasteiger partial charge in [-0.15, -0.1) is 0 Å². The molecule has 4 heteroatoms. The first kappa shape index (κ1) is 14.2. The summed E-state index contributed by atoms with van der Waals surface area (Å²) in [7, 11) is 0. The highest BCUT2D eigenvalue weighted by atomic mass is 19.1. The molecule has 20 heavy (non-hydrogen) atoms. The molecular weight excluding hydrogens is 262 g/mol. The zero-order valence-electron chi connectivity index (χ0n) is 11.2. The molecule has 2 aromatic carbocycles. The Hall–Kier alpha value is -2.23. The monoisotopic (exact) mass is 276 g/mol. The molecule has 0 aliphatic rings. The Kier molecular flexibility index (Phi) is 4.13. The van der Waals surface area contributed by atoms with E-state index in [2.05, 4.69) is 0 Å². The summed E-state index contributed by atoms with van der Waals surface area (Å²) < 4.78 is 32.9. The Balaban J connectivity index is 2.49. The summed E-state index contributed by atoms with van der Waals surface area (Å²) >= 11 is 0. The van der Waals surface area contributed by atoms with Crippen LogP contribution in [0.25, 0.3) is 0 Å². The number of rotatable bonds is 4. The number of halogens is 2. The molecule has 0 aliphatic heterocycles. The number of carbonyl (C=O) groups is 1. The first-order valence-corrected chi connectivity index (χ1v) is 6.25. The van der Waals surface area contributed by atoms with Crippen LogP contribution in [0.5, 0.6) is 5.75 Å². The lowest BCUT2D eigenvalue weighted by atomic mass is 10.0. The molecule has 0 aromatic heterocycles. The van der Waals surface area contributed by atoms with E-state index in [4.69, 9.17) is 4.74 Å². The molecule has 0 atom stereocenters. The Bertz CT molecular complexity index is 616. The van der Waals surface area contributed by atoms with Crippen molar-refractivity contribution in [2.24, 2.45) is 0 Å². The molecule has 2 nitrogen and oxygen atoms in total. The van der Waals surface area contributed by atoms with Gasteiger partial charge in [0, 0.05) is 0 Å². The van der Waals surface area contributed by atoms with Crippen molar-refractivity contribution in [2.45, 2.75) is 20.0 Å². The van der Waals surface area contributed by atoms with E-state index in [-0.39, 0.29) is 11.7 Å². The van der Waals surface area contributed by atoms with Crippen molar-refractivity contribution in [1.82, 2.24) is 0 Å². The Labute approximate surface area is 116 Å². The highest BCUT2D eigenvalue weighted by molar-refractivity contribution is 6.11. The highest BCUT2D eigenvalue weighted by Gasteiger charge is 2.21. The van der Waals surface area contributed by atoms with Gasteiger partial charge in [-0.25, -0.2) is 8.78 Å². The molecule has 0 saturated heterocycles. The van der Waals surface area contributed by atoms with Crippen molar-refractivity contribution >= 4 is 5.78 Å². The number of carbonyl (C=O) groups excluding carboxylic acids is 1. The summed E-state index contributed by atoms with van der Waals surface area (Å²) in [5.41, 5.74) is -0.419. The van der Waals surface area contributed by atoms with Crippen LogP contribution in [0.3, 0.4) is 0 Å². The fourth-order valence-corrected chi connectivity index (χ4v) is 1.86. The predicted octanol–water partition coefficient (Wildman–Crippen LogP) is 3.98. The fraction of sp³-hybridized carbons (Fsp3) is 0.188. The Morgan fingerprint density at radius 3 is 2.20 bits per heavy atom. The number of ketones is 1. The number of hydrogen-bond donors (Lipinski definition) is 0. The third-order valence-electron chi connectivity index (χ3n) is 2.68. The first-order valence-electron chi connectivity index (χ1n) is 6.25. The van der Waals surface area contributed by atoms with Gasteiger partial charge in [-0.3, -0.25) is 4.79 Å². The van der Waals surface area contributed by atoms with Crippen LogP contribution < -0.4 is 4.74 Å². The van der Waals surface area contributed by atoms with Crippen molar-refractivity contribution in [3.63, 3.8) is 0 Å². The number of ether oxygens (including phenoxy) is 1. The van der Waals surface area contributed by atoms with Crippen LogP contribution in [0.2, 0.25) is 0 Å². The molecule has 0 bridgehead atoms. The first-order chi connectivity index (χ1) is 9.50. The zero-order valence-corrected chi connectivity index (χ0v) is 11.2. The molecule has 104 valence electrons. The Morgan fingerprint density at radius 2 is 1.60 bits per heavy atom. The SMILES string of the molecule is CC(C)Oc1ccccc1C(=O)c1c(F)cccc1F. The predicted molar refractivity (Wildman–Crippen MR) is 72.0 cm³/mol. The van der Waals surface area contributed by atoms with Crippen molar-refractivity contribution in [3.8, 4) is 5.75 Å². The fourth-order valence-electron chi connectivity index (χ4n) is 1.86. The number of para-hydroxylation sites is 1. The van der Waals surface area contributed by atoms with Gasteiger partial charge in [0.2, 0.25) is 5.78 Å². The minimum atomic E-state index is -0.880. The van der Waals surface area contributed by atoms with Crippen molar-refractivity contribution in [2.75, 3.05) is 0 Å². The Morgan fingerprint density at radius 1 is 1.00 bits per heavy atom. The summed E-state index contributed by atoms with van der Waals surface area (Å²) in [6, 6.07) is 9.76. The number of benzene rings is 2. The van der Waals surface area contributed by atoms with Gasteiger partial charge in [0.05, 0.1) is 17.2 Å². The van der Waals surface area contributed by atoms with Gasteiger partial charge in [0.15, 0.2) is 0 Å². The quantitative estimate of drug-likeness (QED) is 0.789. The summed E-state index contributed by atoms with van der Waals surface area (Å²) in [4.78, 5) is 12.3. The van der Waals surface area contributed by atoms with Crippen molar-refractivity contribution in [3.05, 3.63) is 65.2 Å². The van der Waals surface area contributed by atoms with Gasteiger partial charge in [-0.1, -0.05) is 18.2 Å². The maximum atomic E-state index is 13.7. The average molecular weight is 276 g/mol. The van der Waals surface area contributed by atoms with E-state index in [0.29, 0.717) is 5.75 Å².